The number of nitrogens with zero attached hydrogens (tertiary/aromatic N) is 2. The Hall–Kier alpha value is -1.91. The molecule has 1 unspecified atom stereocenters. The zero-order chi connectivity index (χ0) is 14.0. The number of hydrogen-bond donors (Lipinski definition) is 0. The average molecular weight is 262 g/mol. The Bertz CT molecular complexity index is 499. The predicted molar refractivity (Wildman–Crippen MR) is 70.1 cm³/mol. The van der Waals surface area contributed by atoms with Gasteiger partial charge in [0.1, 0.15) is 5.92 Å². The minimum atomic E-state index is -0.594. The van der Waals surface area contributed by atoms with Crippen molar-refractivity contribution >= 4 is 11.7 Å². The third-order valence-electron chi connectivity index (χ3n) is 3.13. The van der Waals surface area contributed by atoms with E-state index in [1.54, 1.807) is 30.3 Å². The molecule has 1 aliphatic heterocycles. The molecule has 0 aliphatic carbocycles. The van der Waals surface area contributed by atoms with Crippen molar-refractivity contribution < 1.29 is 14.3 Å². The van der Waals surface area contributed by atoms with E-state index in [2.05, 4.69) is 4.98 Å². The largest absolute Gasteiger partial charge is 0.474 e. The van der Waals surface area contributed by atoms with Crippen molar-refractivity contribution in [3.63, 3.8) is 0 Å². The highest BCUT2D eigenvalue weighted by molar-refractivity contribution is 6.11. The highest BCUT2D eigenvalue weighted by Crippen LogP contribution is 2.25. The van der Waals surface area contributed by atoms with Crippen LogP contribution in [0.2, 0.25) is 0 Å². The Balaban J connectivity index is 2.26. The van der Waals surface area contributed by atoms with Crippen molar-refractivity contribution in [1.82, 2.24) is 9.88 Å². The van der Waals surface area contributed by atoms with Gasteiger partial charge in [0, 0.05) is 19.8 Å². The van der Waals surface area contributed by atoms with E-state index in [4.69, 9.17) is 4.74 Å². The van der Waals surface area contributed by atoms with E-state index < -0.39 is 5.92 Å². The predicted octanol–water partition coefficient (Wildman–Crippen LogP) is 1.53. The molecule has 1 aromatic rings. The zero-order valence-electron chi connectivity index (χ0n) is 11.4. The summed E-state index contributed by atoms with van der Waals surface area (Å²) in [7, 11) is 1.71. The van der Waals surface area contributed by atoms with Crippen LogP contribution in [0.4, 0.5) is 0 Å². The highest BCUT2D eigenvalue weighted by atomic mass is 16.5. The lowest BCUT2D eigenvalue weighted by molar-refractivity contribution is -0.128. The van der Waals surface area contributed by atoms with E-state index in [1.807, 2.05) is 13.8 Å². The zero-order valence-corrected chi connectivity index (χ0v) is 11.4. The van der Waals surface area contributed by atoms with Crippen LogP contribution in [0.3, 0.4) is 0 Å². The van der Waals surface area contributed by atoms with Crippen LogP contribution in [0, 0.1) is 5.92 Å². The van der Waals surface area contributed by atoms with Gasteiger partial charge < -0.3 is 9.64 Å². The first-order valence-electron chi connectivity index (χ1n) is 6.41. The smallest absolute Gasteiger partial charge is 0.233 e. The first-order chi connectivity index (χ1) is 9.00. The lowest BCUT2D eigenvalue weighted by Gasteiger charge is -2.14. The topological polar surface area (TPSA) is 59.5 Å². The number of Topliss-reactive ketones (excluding diaryl/α,β-unsaturated/α-hetero) is 1. The first kappa shape index (κ1) is 13.5. The van der Waals surface area contributed by atoms with Crippen LogP contribution >= 0.6 is 0 Å². The molecule has 102 valence electrons. The summed E-state index contributed by atoms with van der Waals surface area (Å²) in [5.41, 5.74) is 0.393. The molecule has 2 heterocycles. The minimum absolute atomic E-state index is 0.0663. The second kappa shape index (κ2) is 5.38. The molecular formula is C14H18N2O3. The first-order valence-corrected chi connectivity index (χ1v) is 6.41. The maximum atomic E-state index is 12.4. The molecule has 0 saturated carbocycles. The summed E-state index contributed by atoms with van der Waals surface area (Å²) in [4.78, 5) is 30.0. The van der Waals surface area contributed by atoms with Crippen LogP contribution in [0.5, 0.6) is 5.88 Å². The molecule has 5 heteroatoms. The van der Waals surface area contributed by atoms with Crippen molar-refractivity contribution in [2.75, 3.05) is 13.6 Å². The standard InChI is InChI=1S/C14H18N2O3/c1-9(2)19-13-10(5-4-7-15-13)12(17)11-6-8-16(3)14(11)18/h4-5,7,9,11H,6,8H2,1-3H3. The fourth-order valence-corrected chi connectivity index (χ4v) is 2.15. The van der Waals surface area contributed by atoms with Crippen LogP contribution in [0.1, 0.15) is 30.6 Å². The maximum Gasteiger partial charge on any atom is 0.233 e. The molecule has 0 bridgehead atoms. The van der Waals surface area contributed by atoms with E-state index in [1.165, 1.54) is 0 Å². The summed E-state index contributed by atoms with van der Waals surface area (Å²) in [5.74, 6) is -0.601. The van der Waals surface area contributed by atoms with E-state index >= 15 is 0 Å². The highest BCUT2D eigenvalue weighted by Gasteiger charge is 2.36. The number of ketones is 1. The van der Waals surface area contributed by atoms with Gasteiger partial charge in [0.2, 0.25) is 11.8 Å². The third-order valence-corrected chi connectivity index (χ3v) is 3.13. The van der Waals surface area contributed by atoms with Gasteiger partial charge in [-0.15, -0.1) is 0 Å². The van der Waals surface area contributed by atoms with E-state index in [9.17, 15) is 9.59 Å². The number of amides is 1. The minimum Gasteiger partial charge on any atom is -0.474 e. The van der Waals surface area contributed by atoms with E-state index in [-0.39, 0.29) is 17.8 Å². The van der Waals surface area contributed by atoms with Crippen molar-refractivity contribution in [1.29, 1.82) is 0 Å². The van der Waals surface area contributed by atoms with Crippen LogP contribution in [-0.2, 0) is 4.79 Å². The van der Waals surface area contributed by atoms with Gasteiger partial charge in [-0.2, -0.15) is 0 Å². The molecule has 1 saturated heterocycles. The van der Waals surface area contributed by atoms with Crippen molar-refractivity contribution in [2.24, 2.45) is 5.92 Å². The van der Waals surface area contributed by atoms with Crippen molar-refractivity contribution in [2.45, 2.75) is 26.4 Å². The normalized spacial score (nSPS) is 19.1. The van der Waals surface area contributed by atoms with Gasteiger partial charge in [0.05, 0.1) is 11.7 Å². The Labute approximate surface area is 112 Å². The molecule has 1 aromatic heterocycles. The van der Waals surface area contributed by atoms with Crippen molar-refractivity contribution in [3.8, 4) is 5.88 Å². The Morgan fingerprint density at radius 3 is 2.84 bits per heavy atom. The molecule has 5 nitrogen and oxygen atoms in total. The fraction of sp³-hybridized carbons (Fsp3) is 0.500. The molecule has 1 amide bonds. The third kappa shape index (κ3) is 2.75. The monoisotopic (exact) mass is 262 g/mol. The van der Waals surface area contributed by atoms with Gasteiger partial charge in [-0.05, 0) is 32.4 Å². The van der Waals surface area contributed by atoms with Crippen LogP contribution in [0.25, 0.3) is 0 Å². The second-order valence-corrected chi connectivity index (χ2v) is 4.99. The maximum absolute atomic E-state index is 12.4. The SMILES string of the molecule is CC(C)Oc1ncccc1C(=O)C1CCN(C)C1=O. The molecule has 1 fully saturated rings. The number of rotatable bonds is 4. The van der Waals surface area contributed by atoms with Crippen molar-refractivity contribution in [3.05, 3.63) is 23.9 Å². The number of carbonyl (C=O) groups is 2. The Morgan fingerprint density at radius 2 is 2.26 bits per heavy atom. The Kier molecular flexibility index (Phi) is 3.83. The summed E-state index contributed by atoms with van der Waals surface area (Å²) in [6.45, 7) is 4.37. The molecule has 1 atom stereocenters. The number of aromatic nitrogens is 1. The molecular weight excluding hydrogens is 244 g/mol. The summed E-state index contributed by atoms with van der Waals surface area (Å²) < 4.78 is 5.53. The van der Waals surface area contributed by atoms with Gasteiger partial charge in [-0.3, -0.25) is 9.59 Å². The molecule has 0 spiro atoms. The van der Waals surface area contributed by atoms with E-state index in [0.717, 1.165) is 0 Å². The Morgan fingerprint density at radius 1 is 1.53 bits per heavy atom. The van der Waals surface area contributed by atoms with E-state index in [0.29, 0.717) is 24.4 Å². The summed E-state index contributed by atoms with van der Waals surface area (Å²) in [6.07, 6.45) is 2.07. The molecule has 19 heavy (non-hydrogen) atoms. The lowest BCUT2D eigenvalue weighted by atomic mass is 9.97. The number of ether oxygens (including phenoxy) is 1. The second-order valence-electron chi connectivity index (χ2n) is 4.99. The molecule has 2 rings (SSSR count). The summed E-state index contributed by atoms with van der Waals surface area (Å²) in [6, 6.07) is 3.35. The number of carbonyl (C=O) groups excluding carboxylic acids is 2. The fourth-order valence-electron chi connectivity index (χ4n) is 2.15. The molecule has 0 N–H and O–H groups in total. The average Bonchev–Trinajstić information content (AvgIpc) is 2.69. The van der Waals surface area contributed by atoms with Crippen LogP contribution in [0.15, 0.2) is 18.3 Å². The van der Waals surface area contributed by atoms with Gasteiger partial charge in [0.15, 0.2) is 5.78 Å². The number of hydrogen-bond acceptors (Lipinski definition) is 4. The van der Waals surface area contributed by atoms with Gasteiger partial charge >= 0.3 is 0 Å². The van der Waals surface area contributed by atoms with Gasteiger partial charge in [0.25, 0.3) is 0 Å². The lowest BCUT2D eigenvalue weighted by Crippen LogP contribution is -2.27. The van der Waals surface area contributed by atoms with Gasteiger partial charge in [-0.25, -0.2) is 4.98 Å². The molecule has 0 aromatic carbocycles. The number of likely N-dealkylation sites (tertiary alicyclic amines) is 1. The number of pyridine rings is 1. The summed E-state index contributed by atoms with van der Waals surface area (Å²) in [5, 5.41) is 0. The summed E-state index contributed by atoms with van der Waals surface area (Å²) >= 11 is 0. The quantitative estimate of drug-likeness (QED) is 0.610. The van der Waals surface area contributed by atoms with Crippen LogP contribution in [-0.4, -0.2) is 41.3 Å². The molecule has 0 radical (unpaired) electrons. The van der Waals surface area contributed by atoms with Crippen LogP contribution < -0.4 is 4.74 Å². The molecule has 1 aliphatic rings. The van der Waals surface area contributed by atoms with Gasteiger partial charge in [-0.1, -0.05) is 0 Å².